The van der Waals surface area contributed by atoms with Gasteiger partial charge in [0, 0.05) is 24.6 Å². The lowest BCUT2D eigenvalue weighted by Crippen LogP contribution is -2.45. The fraction of sp³-hybridized carbons (Fsp3) is 0.526. The van der Waals surface area contributed by atoms with Crippen LogP contribution in [0.15, 0.2) is 29.8 Å². The van der Waals surface area contributed by atoms with E-state index in [1.807, 2.05) is 0 Å². The van der Waals surface area contributed by atoms with Crippen LogP contribution in [0.3, 0.4) is 0 Å². The maximum Gasteiger partial charge on any atom is 0.341 e. The molecular weight excluding hydrogens is 322 g/mol. The molecule has 132 valence electrons. The second kappa shape index (κ2) is 5.66. The van der Waals surface area contributed by atoms with Gasteiger partial charge in [-0.1, -0.05) is 19.3 Å². The number of carbonyl (C=O) groups is 1. The Labute approximate surface area is 146 Å². The average molecular weight is 343 g/mol. The highest BCUT2D eigenvalue weighted by Gasteiger charge is 2.53. The van der Waals surface area contributed by atoms with Crippen molar-refractivity contribution < 1.29 is 19.2 Å². The molecule has 0 radical (unpaired) electrons. The van der Waals surface area contributed by atoms with Crippen molar-refractivity contribution in [2.45, 2.75) is 51.2 Å². The van der Waals surface area contributed by atoms with Gasteiger partial charge in [0.1, 0.15) is 0 Å². The number of hydrogen-bond acceptors (Lipinski definition) is 5. The molecule has 4 rings (SSSR count). The van der Waals surface area contributed by atoms with Gasteiger partial charge in [0.25, 0.3) is 5.69 Å². The van der Waals surface area contributed by atoms with Crippen LogP contribution in [0.5, 0.6) is 0 Å². The van der Waals surface area contributed by atoms with Crippen LogP contribution in [-0.4, -0.2) is 23.3 Å². The molecule has 2 fully saturated rings. The van der Waals surface area contributed by atoms with E-state index in [0.29, 0.717) is 17.7 Å². The number of benzene rings is 1. The fourth-order valence-corrected chi connectivity index (χ4v) is 4.39. The number of carbonyl (C=O) groups excluding carboxylic acids is 1. The summed E-state index contributed by atoms with van der Waals surface area (Å²) >= 11 is 0. The van der Waals surface area contributed by atoms with E-state index in [1.54, 1.807) is 19.1 Å². The summed E-state index contributed by atoms with van der Waals surface area (Å²) in [4.78, 5) is 23.0. The lowest BCUT2D eigenvalue weighted by atomic mass is 9.68. The minimum absolute atomic E-state index is 0.00659. The normalized spacial score (nSPS) is 28.0. The molecule has 3 aliphatic rings. The predicted octanol–water partition coefficient (Wildman–Crippen LogP) is 3.99. The van der Waals surface area contributed by atoms with Crippen molar-refractivity contribution in [3.63, 3.8) is 0 Å². The molecule has 1 aliphatic carbocycles. The molecule has 1 saturated heterocycles. The summed E-state index contributed by atoms with van der Waals surface area (Å²) in [6.07, 6.45) is 6.64. The third-order valence-corrected chi connectivity index (χ3v) is 5.83. The molecule has 2 heterocycles. The molecule has 1 atom stereocenters. The monoisotopic (exact) mass is 343 g/mol. The van der Waals surface area contributed by atoms with E-state index >= 15 is 0 Å². The van der Waals surface area contributed by atoms with Gasteiger partial charge in [0.2, 0.25) is 5.79 Å². The van der Waals surface area contributed by atoms with Crippen LogP contribution < -0.4 is 0 Å². The maximum absolute atomic E-state index is 12.5. The highest BCUT2D eigenvalue weighted by molar-refractivity contribution is 6.20. The summed E-state index contributed by atoms with van der Waals surface area (Å²) in [7, 11) is 0. The molecule has 6 nitrogen and oxygen atoms in total. The number of nitro groups is 1. The lowest BCUT2D eigenvalue weighted by molar-refractivity contribution is -0.384. The summed E-state index contributed by atoms with van der Waals surface area (Å²) in [5.41, 5.74) is 2.16. The SMILES string of the molecule is C[C@@]12OCC3(CCCCC3)CC1=C(c1ccc([N+](=O)[O-])cc1)C(=O)O2. The number of esters is 1. The zero-order valence-corrected chi connectivity index (χ0v) is 14.2. The Balaban J connectivity index is 1.75. The fourth-order valence-electron chi connectivity index (χ4n) is 4.39. The molecule has 0 amide bonds. The molecule has 1 saturated carbocycles. The summed E-state index contributed by atoms with van der Waals surface area (Å²) in [6.45, 7) is 2.42. The standard InChI is InChI=1S/C19H21NO5/c1-18-15(11-19(12-24-18)9-3-2-4-10-19)16(17(21)25-18)13-5-7-14(8-6-13)20(22)23/h5-8H,2-4,9-12H2,1H3/t18-/m0/s1. The van der Waals surface area contributed by atoms with Crippen LogP contribution >= 0.6 is 0 Å². The summed E-state index contributed by atoms with van der Waals surface area (Å²) in [6, 6.07) is 6.09. The Kier molecular flexibility index (Phi) is 3.68. The zero-order valence-electron chi connectivity index (χ0n) is 14.2. The van der Waals surface area contributed by atoms with E-state index in [1.165, 1.54) is 31.4 Å². The number of hydrogen-bond donors (Lipinski definition) is 0. The molecule has 0 aromatic heterocycles. The number of rotatable bonds is 2. The average Bonchev–Trinajstić information content (AvgIpc) is 2.85. The van der Waals surface area contributed by atoms with Crippen LogP contribution in [0.2, 0.25) is 0 Å². The van der Waals surface area contributed by atoms with Gasteiger partial charge in [-0.3, -0.25) is 10.1 Å². The van der Waals surface area contributed by atoms with Gasteiger partial charge in [-0.05, 0) is 42.4 Å². The topological polar surface area (TPSA) is 78.7 Å². The van der Waals surface area contributed by atoms with Crippen molar-refractivity contribution >= 4 is 17.2 Å². The molecule has 25 heavy (non-hydrogen) atoms. The molecule has 1 aromatic carbocycles. The molecule has 0 N–H and O–H groups in total. The second-order valence-electron chi connectivity index (χ2n) is 7.52. The zero-order chi connectivity index (χ0) is 17.7. The van der Waals surface area contributed by atoms with Crippen LogP contribution in [0.1, 0.15) is 51.0 Å². The van der Waals surface area contributed by atoms with Gasteiger partial charge < -0.3 is 9.47 Å². The van der Waals surface area contributed by atoms with Crippen molar-refractivity contribution in [1.29, 1.82) is 0 Å². The quantitative estimate of drug-likeness (QED) is 0.461. The first-order chi connectivity index (χ1) is 11.9. The Bertz CT molecular complexity index is 761. The Hall–Kier alpha value is -2.21. The minimum atomic E-state index is -1.00. The minimum Gasteiger partial charge on any atom is -0.426 e. The van der Waals surface area contributed by atoms with Gasteiger partial charge in [0.05, 0.1) is 17.1 Å². The van der Waals surface area contributed by atoms with Gasteiger partial charge >= 0.3 is 5.97 Å². The van der Waals surface area contributed by atoms with Crippen LogP contribution in [0.25, 0.3) is 5.57 Å². The van der Waals surface area contributed by atoms with Crippen LogP contribution in [-0.2, 0) is 14.3 Å². The first-order valence-corrected chi connectivity index (χ1v) is 8.78. The molecule has 1 aromatic rings. The van der Waals surface area contributed by atoms with Crippen molar-refractivity contribution in [1.82, 2.24) is 0 Å². The number of nitro benzene ring substituents is 1. The molecule has 6 heteroatoms. The number of non-ortho nitro benzene ring substituents is 1. The molecule has 0 bridgehead atoms. The highest BCUT2D eigenvalue weighted by atomic mass is 16.7. The Morgan fingerprint density at radius 1 is 1.12 bits per heavy atom. The van der Waals surface area contributed by atoms with E-state index < -0.39 is 16.7 Å². The maximum atomic E-state index is 12.5. The van der Waals surface area contributed by atoms with E-state index in [2.05, 4.69) is 0 Å². The largest absolute Gasteiger partial charge is 0.426 e. The highest BCUT2D eigenvalue weighted by Crippen LogP contribution is 2.53. The summed E-state index contributed by atoms with van der Waals surface area (Å²) in [5, 5.41) is 10.9. The van der Waals surface area contributed by atoms with Gasteiger partial charge in [-0.15, -0.1) is 0 Å². The smallest absolute Gasteiger partial charge is 0.341 e. The second-order valence-corrected chi connectivity index (χ2v) is 7.52. The Morgan fingerprint density at radius 3 is 2.44 bits per heavy atom. The Morgan fingerprint density at radius 2 is 1.80 bits per heavy atom. The predicted molar refractivity (Wildman–Crippen MR) is 90.6 cm³/mol. The van der Waals surface area contributed by atoms with E-state index in [9.17, 15) is 14.9 Å². The van der Waals surface area contributed by atoms with Crippen molar-refractivity contribution in [2.75, 3.05) is 6.61 Å². The summed E-state index contributed by atoms with van der Waals surface area (Å²) in [5.74, 6) is -1.41. The number of ether oxygens (including phenoxy) is 2. The number of fused-ring (bicyclic) bond motifs is 1. The van der Waals surface area contributed by atoms with E-state index in [4.69, 9.17) is 9.47 Å². The van der Waals surface area contributed by atoms with Crippen LogP contribution in [0.4, 0.5) is 5.69 Å². The van der Waals surface area contributed by atoms with Gasteiger partial charge in [-0.25, -0.2) is 4.79 Å². The van der Waals surface area contributed by atoms with E-state index in [0.717, 1.165) is 24.8 Å². The van der Waals surface area contributed by atoms with Crippen molar-refractivity contribution in [3.05, 3.63) is 45.5 Å². The summed E-state index contributed by atoms with van der Waals surface area (Å²) < 4.78 is 11.6. The molecule has 2 aliphatic heterocycles. The third kappa shape index (κ3) is 2.65. The van der Waals surface area contributed by atoms with Gasteiger partial charge in [0.15, 0.2) is 0 Å². The molecule has 0 unspecified atom stereocenters. The van der Waals surface area contributed by atoms with E-state index in [-0.39, 0.29) is 11.1 Å². The van der Waals surface area contributed by atoms with Gasteiger partial charge in [-0.2, -0.15) is 0 Å². The molecular formula is C19H21NO5. The lowest BCUT2D eigenvalue weighted by Gasteiger charge is -2.45. The first kappa shape index (κ1) is 16.3. The third-order valence-electron chi connectivity index (χ3n) is 5.83. The first-order valence-electron chi connectivity index (χ1n) is 8.78. The van der Waals surface area contributed by atoms with Crippen LogP contribution in [0, 0.1) is 15.5 Å². The van der Waals surface area contributed by atoms with Crippen molar-refractivity contribution in [3.8, 4) is 0 Å². The van der Waals surface area contributed by atoms with Crippen molar-refractivity contribution in [2.24, 2.45) is 5.41 Å². The number of nitrogens with zero attached hydrogens (tertiary/aromatic N) is 1. The molecule has 1 spiro atoms.